The van der Waals surface area contributed by atoms with Gasteiger partial charge in [0.2, 0.25) is 5.91 Å². The highest BCUT2D eigenvalue weighted by molar-refractivity contribution is 7.80. The maximum atomic E-state index is 12.7. The minimum absolute atomic E-state index is 0.0446. The Hall–Kier alpha value is -2.06. The van der Waals surface area contributed by atoms with Crippen LogP contribution in [0.15, 0.2) is 24.3 Å². The van der Waals surface area contributed by atoms with Crippen molar-refractivity contribution in [1.82, 2.24) is 5.32 Å². The molecule has 2 N–H and O–H groups in total. The number of rotatable bonds is 7. The molecule has 8 heteroatoms. The normalized spacial score (nSPS) is 9.91. The Balaban J connectivity index is 2.25. The smallest absolute Gasteiger partial charge is 0.306 e. The Labute approximate surface area is 133 Å². The van der Waals surface area contributed by atoms with Gasteiger partial charge in [-0.2, -0.15) is 0 Å². The summed E-state index contributed by atoms with van der Waals surface area (Å²) in [6.07, 6.45) is -0.0915. The Kier molecular flexibility index (Phi) is 8.01. The molecule has 1 aromatic carbocycles. The highest BCUT2D eigenvalue weighted by Crippen LogP contribution is 2.07. The standard InChI is InChI=1S/C14H17FN2O4S/c1-20-8-9-21-13(19)7-6-12(18)17-14(22)16-11-4-2-10(15)3-5-11/h2-5H,6-9H2,1H3,(H2,16,17,18,22). The van der Waals surface area contributed by atoms with E-state index in [0.717, 1.165) is 0 Å². The minimum atomic E-state index is -0.482. The fraction of sp³-hybridized carbons (Fsp3) is 0.357. The van der Waals surface area contributed by atoms with E-state index in [1.807, 2.05) is 0 Å². The largest absolute Gasteiger partial charge is 0.463 e. The van der Waals surface area contributed by atoms with Crippen LogP contribution in [0, 0.1) is 5.82 Å². The summed E-state index contributed by atoms with van der Waals surface area (Å²) >= 11 is 4.94. The number of hydrogen-bond donors (Lipinski definition) is 2. The van der Waals surface area contributed by atoms with E-state index in [9.17, 15) is 14.0 Å². The number of ether oxygens (including phenoxy) is 2. The van der Waals surface area contributed by atoms with E-state index < -0.39 is 11.9 Å². The highest BCUT2D eigenvalue weighted by atomic mass is 32.1. The number of anilines is 1. The number of carbonyl (C=O) groups excluding carboxylic acids is 2. The van der Waals surface area contributed by atoms with Gasteiger partial charge in [0.05, 0.1) is 13.0 Å². The second kappa shape index (κ2) is 9.80. The molecule has 0 saturated carbocycles. The Morgan fingerprint density at radius 1 is 1.18 bits per heavy atom. The maximum absolute atomic E-state index is 12.7. The van der Waals surface area contributed by atoms with Crippen LogP contribution >= 0.6 is 12.2 Å². The van der Waals surface area contributed by atoms with Crippen LogP contribution < -0.4 is 10.6 Å². The Bertz CT molecular complexity index is 522. The van der Waals surface area contributed by atoms with Crippen molar-refractivity contribution >= 4 is 34.9 Å². The second-order valence-electron chi connectivity index (χ2n) is 4.22. The van der Waals surface area contributed by atoms with Crippen molar-refractivity contribution in [3.05, 3.63) is 30.1 Å². The number of amides is 1. The predicted molar refractivity (Wildman–Crippen MR) is 82.8 cm³/mol. The maximum Gasteiger partial charge on any atom is 0.306 e. The summed E-state index contributed by atoms with van der Waals surface area (Å²) < 4.78 is 22.3. The van der Waals surface area contributed by atoms with Crippen molar-refractivity contribution in [3.8, 4) is 0 Å². The van der Waals surface area contributed by atoms with E-state index in [2.05, 4.69) is 10.6 Å². The van der Waals surface area contributed by atoms with Crippen LogP contribution in [-0.4, -0.2) is 37.3 Å². The summed E-state index contributed by atoms with van der Waals surface area (Å²) in [6, 6.07) is 5.51. The molecule has 0 aromatic heterocycles. The number of halogens is 1. The zero-order valence-corrected chi connectivity index (χ0v) is 12.9. The van der Waals surface area contributed by atoms with Gasteiger partial charge in [0.1, 0.15) is 12.4 Å². The molecule has 0 heterocycles. The van der Waals surface area contributed by atoms with Crippen molar-refractivity contribution < 1.29 is 23.5 Å². The van der Waals surface area contributed by atoms with E-state index in [0.29, 0.717) is 12.3 Å². The van der Waals surface area contributed by atoms with Crippen molar-refractivity contribution in [2.24, 2.45) is 0 Å². The first-order valence-electron chi connectivity index (χ1n) is 6.52. The van der Waals surface area contributed by atoms with Gasteiger partial charge in [-0.05, 0) is 36.5 Å². The predicted octanol–water partition coefficient (Wildman–Crippen LogP) is 1.61. The topological polar surface area (TPSA) is 76.7 Å². The molecule has 0 fully saturated rings. The monoisotopic (exact) mass is 328 g/mol. The minimum Gasteiger partial charge on any atom is -0.463 e. The van der Waals surface area contributed by atoms with Gasteiger partial charge in [0.25, 0.3) is 0 Å². The van der Waals surface area contributed by atoms with E-state index in [1.54, 1.807) is 0 Å². The molecular weight excluding hydrogens is 311 g/mol. The van der Waals surface area contributed by atoms with Gasteiger partial charge in [0.15, 0.2) is 5.11 Å². The van der Waals surface area contributed by atoms with Gasteiger partial charge >= 0.3 is 5.97 Å². The number of nitrogens with one attached hydrogen (secondary N) is 2. The lowest BCUT2D eigenvalue weighted by Gasteiger charge is -2.09. The van der Waals surface area contributed by atoms with E-state index >= 15 is 0 Å². The third-order valence-corrected chi connectivity index (χ3v) is 2.67. The fourth-order valence-corrected chi connectivity index (χ4v) is 1.64. The average Bonchev–Trinajstić information content (AvgIpc) is 2.48. The Morgan fingerprint density at radius 2 is 1.86 bits per heavy atom. The Morgan fingerprint density at radius 3 is 2.50 bits per heavy atom. The van der Waals surface area contributed by atoms with E-state index in [1.165, 1.54) is 31.4 Å². The summed E-state index contributed by atoms with van der Waals surface area (Å²) in [7, 11) is 1.50. The summed E-state index contributed by atoms with van der Waals surface area (Å²) in [4.78, 5) is 22.9. The van der Waals surface area contributed by atoms with Gasteiger partial charge in [-0.15, -0.1) is 0 Å². The van der Waals surface area contributed by atoms with Crippen LogP contribution in [0.2, 0.25) is 0 Å². The lowest BCUT2D eigenvalue weighted by Crippen LogP contribution is -2.34. The number of benzene rings is 1. The van der Waals surface area contributed by atoms with Gasteiger partial charge in [-0.1, -0.05) is 0 Å². The SMILES string of the molecule is COCCOC(=O)CCC(=O)NC(=S)Nc1ccc(F)cc1. The van der Waals surface area contributed by atoms with Gasteiger partial charge in [-0.25, -0.2) is 4.39 Å². The van der Waals surface area contributed by atoms with E-state index in [-0.39, 0.29) is 30.4 Å². The lowest BCUT2D eigenvalue weighted by atomic mass is 10.3. The first kappa shape index (κ1) is 18.0. The molecule has 0 bridgehead atoms. The molecule has 1 rings (SSSR count). The number of thiocarbonyl (C=S) groups is 1. The zero-order chi connectivity index (χ0) is 16.4. The molecule has 0 aliphatic rings. The summed E-state index contributed by atoms with van der Waals surface area (Å²) in [5.74, 6) is -1.26. The molecule has 0 aliphatic carbocycles. The van der Waals surface area contributed by atoms with Crippen molar-refractivity contribution in [1.29, 1.82) is 0 Å². The van der Waals surface area contributed by atoms with Crippen LogP contribution in [-0.2, 0) is 19.1 Å². The number of carbonyl (C=O) groups is 2. The molecule has 0 radical (unpaired) electrons. The van der Waals surface area contributed by atoms with Gasteiger partial charge in [0, 0.05) is 19.2 Å². The van der Waals surface area contributed by atoms with Crippen LogP contribution in [0.5, 0.6) is 0 Å². The van der Waals surface area contributed by atoms with Crippen LogP contribution in [0.25, 0.3) is 0 Å². The van der Waals surface area contributed by atoms with Gasteiger partial charge < -0.3 is 20.1 Å². The molecule has 0 spiro atoms. The third kappa shape index (κ3) is 7.65. The first-order chi connectivity index (χ1) is 10.5. The van der Waals surface area contributed by atoms with Gasteiger partial charge in [-0.3, -0.25) is 9.59 Å². The molecular formula is C14H17FN2O4S. The van der Waals surface area contributed by atoms with Crippen molar-refractivity contribution in [2.45, 2.75) is 12.8 Å². The molecule has 1 amide bonds. The molecule has 0 unspecified atom stereocenters. The number of hydrogen-bond acceptors (Lipinski definition) is 5. The third-order valence-electron chi connectivity index (χ3n) is 2.46. The van der Waals surface area contributed by atoms with Crippen molar-refractivity contribution in [2.75, 3.05) is 25.6 Å². The average molecular weight is 328 g/mol. The van der Waals surface area contributed by atoms with Crippen LogP contribution in [0.4, 0.5) is 10.1 Å². The summed E-state index contributed by atoms with van der Waals surface area (Å²) in [5, 5.41) is 5.22. The van der Waals surface area contributed by atoms with Crippen LogP contribution in [0.3, 0.4) is 0 Å². The summed E-state index contributed by atoms with van der Waals surface area (Å²) in [6.45, 7) is 0.463. The zero-order valence-electron chi connectivity index (χ0n) is 12.1. The fourth-order valence-electron chi connectivity index (χ4n) is 1.41. The van der Waals surface area contributed by atoms with Crippen LogP contribution in [0.1, 0.15) is 12.8 Å². The van der Waals surface area contributed by atoms with E-state index in [4.69, 9.17) is 21.7 Å². The number of esters is 1. The molecule has 0 saturated heterocycles. The molecule has 0 atom stereocenters. The molecule has 1 aromatic rings. The molecule has 0 aliphatic heterocycles. The summed E-state index contributed by atoms with van der Waals surface area (Å²) in [5.41, 5.74) is 0.547. The quantitative estimate of drug-likeness (QED) is 0.450. The molecule has 22 heavy (non-hydrogen) atoms. The lowest BCUT2D eigenvalue weighted by molar-refractivity contribution is -0.146. The second-order valence-corrected chi connectivity index (χ2v) is 4.63. The highest BCUT2D eigenvalue weighted by Gasteiger charge is 2.09. The number of methoxy groups -OCH3 is 1. The first-order valence-corrected chi connectivity index (χ1v) is 6.93. The molecule has 120 valence electrons. The molecule has 6 nitrogen and oxygen atoms in total. The van der Waals surface area contributed by atoms with Crippen molar-refractivity contribution in [3.63, 3.8) is 0 Å².